The number of hydrogen-bond acceptors (Lipinski definition) is 0. The van der Waals surface area contributed by atoms with Crippen LogP contribution in [0.1, 0.15) is 58.8 Å². The first-order valence-corrected chi connectivity index (χ1v) is 5.15. The highest BCUT2D eigenvalue weighted by atomic mass is 13.9. The van der Waals surface area contributed by atoms with Crippen molar-refractivity contribution in [2.24, 2.45) is 0 Å². The standard InChI is InChI=1S/C12H21/c1-3-5-7-9-11-12-10-8-6-4-2/h3H,4-9,11H2,1-2H3. The van der Waals surface area contributed by atoms with Gasteiger partial charge < -0.3 is 0 Å². The highest BCUT2D eigenvalue weighted by Gasteiger charge is 1.83. The van der Waals surface area contributed by atoms with Crippen molar-refractivity contribution in [2.75, 3.05) is 0 Å². The summed E-state index contributed by atoms with van der Waals surface area (Å²) in [5, 5.41) is 0. The van der Waals surface area contributed by atoms with Crippen LogP contribution < -0.4 is 0 Å². The molecule has 12 heavy (non-hydrogen) atoms. The van der Waals surface area contributed by atoms with E-state index in [4.69, 9.17) is 0 Å². The highest BCUT2D eigenvalue weighted by Crippen LogP contribution is 2.00. The van der Waals surface area contributed by atoms with Crippen molar-refractivity contribution in [2.45, 2.75) is 58.8 Å². The molecule has 0 saturated carbocycles. The molecule has 0 aromatic rings. The molecule has 0 bridgehead atoms. The topological polar surface area (TPSA) is 0 Å². The van der Waals surface area contributed by atoms with E-state index >= 15 is 0 Å². The van der Waals surface area contributed by atoms with Gasteiger partial charge in [-0.3, -0.25) is 0 Å². The van der Waals surface area contributed by atoms with Gasteiger partial charge in [-0.05, 0) is 19.3 Å². The van der Waals surface area contributed by atoms with Crippen LogP contribution in [0.15, 0.2) is 0 Å². The Morgan fingerprint density at radius 2 is 1.67 bits per heavy atom. The summed E-state index contributed by atoms with van der Waals surface area (Å²) in [6.07, 6.45) is 10.8. The molecule has 0 spiro atoms. The van der Waals surface area contributed by atoms with Crippen LogP contribution in [0.25, 0.3) is 0 Å². The molecule has 0 rings (SSSR count). The Labute approximate surface area is 77.8 Å². The van der Waals surface area contributed by atoms with E-state index in [2.05, 4.69) is 32.1 Å². The summed E-state index contributed by atoms with van der Waals surface area (Å²) in [6.45, 7) is 4.33. The van der Waals surface area contributed by atoms with E-state index in [0.29, 0.717) is 0 Å². The number of hydrogen-bond donors (Lipinski definition) is 0. The van der Waals surface area contributed by atoms with E-state index in [0.717, 1.165) is 12.8 Å². The molecular weight excluding hydrogens is 144 g/mol. The van der Waals surface area contributed by atoms with E-state index in [1.165, 1.54) is 32.1 Å². The summed E-state index contributed by atoms with van der Waals surface area (Å²) in [5.74, 6) is 6.42. The van der Waals surface area contributed by atoms with Gasteiger partial charge in [0.15, 0.2) is 0 Å². The van der Waals surface area contributed by atoms with Crippen molar-refractivity contribution in [3.8, 4) is 11.8 Å². The summed E-state index contributed by atoms with van der Waals surface area (Å²) in [4.78, 5) is 0. The number of unbranched alkanes of at least 4 members (excludes halogenated alkanes) is 6. The van der Waals surface area contributed by atoms with Crippen LogP contribution >= 0.6 is 0 Å². The Morgan fingerprint density at radius 3 is 2.25 bits per heavy atom. The average molecular weight is 165 g/mol. The molecule has 0 heterocycles. The van der Waals surface area contributed by atoms with Gasteiger partial charge in [-0.15, -0.1) is 11.8 Å². The summed E-state index contributed by atoms with van der Waals surface area (Å²) < 4.78 is 0. The first-order chi connectivity index (χ1) is 5.91. The molecule has 0 fully saturated rings. The second-order valence-electron chi connectivity index (χ2n) is 3.11. The Kier molecular flexibility index (Phi) is 10.2. The molecule has 0 aliphatic carbocycles. The van der Waals surface area contributed by atoms with Gasteiger partial charge in [0.1, 0.15) is 0 Å². The monoisotopic (exact) mass is 165 g/mol. The predicted molar refractivity (Wildman–Crippen MR) is 55.7 cm³/mol. The predicted octanol–water partition coefficient (Wildman–Crippen LogP) is 3.96. The van der Waals surface area contributed by atoms with Gasteiger partial charge in [-0.2, -0.15) is 0 Å². The van der Waals surface area contributed by atoms with Crippen LogP contribution in [0.4, 0.5) is 0 Å². The maximum Gasteiger partial charge on any atom is 0.00886 e. The molecular formula is C12H21. The van der Waals surface area contributed by atoms with Crippen molar-refractivity contribution in [3.05, 3.63) is 6.42 Å². The Bertz CT molecular complexity index is 125. The van der Waals surface area contributed by atoms with E-state index in [1.54, 1.807) is 0 Å². The minimum absolute atomic E-state index is 1.09. The molecule has 0 heteroatoms. The molecule has 0 aliphatic rings. The molecule has 0 aliphatic heterocycles. The van der Waals surface area contributed by atoms with Gasteiger partial charge in [0, 0.05) is 12.8 Å². The van der Waals surface area contributed by atoms with E-state index in [1.807, 2.05) is 0 Å². The molecule has 0 amide bonds. The molecule has 0 atom stereocenters. The van der Waals surface area contributed by atoms with E-state index in [-0.39, 0.29) is 0 Å². The van der Waals surface area contributed by atoms with Gasteiger partial charge in [0.25, 0.3) is 0 Å². The van der Waals surface area contributed by atoms with Gasteiger partial charge in [-0.25, -0.2) is 0 Å². The van der Waals surface area contributed by atoms with E-state index < -0.39 is 0 Å². The third kappa shape index (κ3) is 9.56. The van der Waals surface area contributed by atoms with Crippen molar-refractivity contribution < 1.29 is 0 Å². The fourth-order valence-electron chi connectivity index (χ4n) is 1.00. The van der Waals surface area contributed by atoms with Gasteiger partial charge in [0.05, 0.1) is 0 Å². The zero-order valence-corrected chi connectivity index (χ0v) is 8.53. The summed E-state index contributed by atoms with van der Waals surface area (Å²) in [7, 11) is 0. The normalized spacial score (nSPS) is 9.17. The van der Waals surface area contributed by atoms with Gasteiger partial charge in [0.2, 0.25) is 0 Å². The first kappa shape index (κ1) is 11.6. The lowest BCUT2D eigenvalue weighted by Gasteiger charge is -1.91. The summed E-state index contributed by atoms with van der Waals surface area (Å²) >= 11 is 0. The molecule has 0 nitrogen and oxygen atoms in total. The number of rotatable bonds is 6. The van der Waals surface area contributed by atoms with Crippen LogP contribution in [0.3, 0.4) is 0 Å². The van der Waals surface area contributed by atoms with Gasteiger partial charge in [-0.1, -0.05) is 33.1 Å². The average Bonchev–Trinajstić information content (AvgIpc) is 2.10. The van der Waals surface area contributed by atoms with Crippen LogP contribution in [0, 0.1) is 18.3 Å². The van der Waals surface area contributed by atoms with Crippen molar-refractivity contribution >= 4 is 0 Å². The zero-order valence-electron chi connectivity index (χ0n) is 8.53. The molecule has 0 aromatic carbocycles. The quantitative estimate of drug-likeness (QED) is 0.413. The molecule has 0 unspecified atom stereocenters. The lowest BCUT2D eigenvalue weighted by Crippen LogP contribution is -1.74. The zero-order chi connectivity index (χ0) is 9.07. The molecule has 0 aromatic heterocycles. The molecule has 69 valence electrons. The first-order valence-electron chi connectivity index (χ1n) is 5.15. The van der Waals surface area contributed by atoms with Crippen LogP contribution in [0.2, 0.25) is 0 Å². The van der Waals surface area contributed by atoms with Crippen molar-refractivity contribution in [3.63, 3.8) is 0 Å². The second-order valence-corrected chi connectivity index (χ2v) is 3.11. The SMILES string of the molecule is C[CH]CCCCC#CCCCC. The van der Waals surface area contributed by atoms with Crippen LogP contribution in [-0.2, 0) is 0 Å². The minimum atomic E-state index is 1.09. The lowest BCUT2D eigenvalue weighted by molar-refractivity contribution is 0.746. The van der Waals surface area contributed by atoms with Gasteiger partial charge >= 0.3 is 0 Å². The van der Waals surface area contributed by atoms with Crippen molar-refractivity contribution in [1.29, 1.82) is 0 Å². The van der Waals surface area contributed by atoms with Crippen molar-refractivity contribution in [1.82, 2.24) is 0 Å². The third-order valence-electron chi connectivity index (χ3n) is 1.82. The Hall–Kier alpha value is -0.440. The maximum atomic E-state index is 3.22. The minimum Gasteiger partial charge on any atom is -0.103 e. The molecule has 1 radical (unpaired) electrons. The Morgan fingerprint density at radius 1 is 1.00 bits per heavy atom. The molecule has 0 saturated heterocycles. The smallest absolute Gasteiger partial charge is 0.00886 e. The Balaban J connectivity index is 2.99. The largest absolute Gasteiger partial charge is 0.103 e. The lowest BCUT2D eigenvalue weighted by atomic mass is 10.1. The molecule has 0 N–H and O–H groups in total. The summed E-state index contributed by atoms with van der Waals surface area (Å²) in [5.41, 5.74) is 0. The summed E-state index contributed by atoms with van der Waals surface area (Å²) in [6, 6.07) is 0. The fourth-order valence-corrected chi connectivity index (χ4v) is 1.00. The third-order valence-corrected chi connectivity index (χ3v) is 1.82. The second kappa shape index (κ2) is 10.6. The van der Waals surface area contributed by atoms with E-state index in [9.17, 15) is 0 Å². The van der Waals surface area contributed by atoms with Crippen LogP contribution in [-0.4, -0.2) is 0 Å². The maximum absolute atomic E-state index is 3.22. The highest BCUT2D eigenvalue weighted by molar-refractivity contribution is 4.98. The van der Waals surface area contributed by atoms with Crippen LogP contribution in [0.5, 0.6) is 0 Å². The fraction of sp³-hybridized carbons (Fsp3) is 0.750.